The van der Waals surface area contributed by atoms with Crippen molar-refractivity contribution in [2.24, 2.45) is 5.84 Å². The van der Waals surface area contributed by atoms with Crippen LogP contribution in [0.4, 0.5) is 0 Å². The lowest BCUT2D eigenvalue weighted by Gasteiger charge is -2.17. The van der Waals surface area contributed by atoms with Crippen LogP contribution in [0.25, 0.3) is 0 Å². The number of hydrogen-bond acceptors (Lipinski definition) is 5. The third-order valence-corrected chi connectivity index (χ3v) is 2.66. The maximum absolute atomic E-state index is 5.61. The summed E-state index contributed by atoms with van der Waals surface area (Å²) in [6.07, 6.45) is 7.66. The van der Waals surface area contributed by atoms with Crippen molar-refractivity contribution in [3.63, 3.8) is 0 Å². The Balaban J connectivity index is 2.42. The largest absolute Gasteiger partial charge is 0.271 e. The van der Waals surface area contributed by atoms with Crippen LogP contribution in [0.3, 0.4) is 0 Å². The molecule has 2 rings (SSSR count). The molecule has 0 amide bonds. The van der Waals surface area contributed by atoms with E-state index in [0.717, 1.165) is 17.7 Å². The molecular formula is C12H15N5. The first-order valence-electron chi connectivity index (χ1n) is 5.51. The monoisotopic (exact) mass is 229 g/mol. The van der Waals surface area contributed by atoms with E-state index >= 15 is 0 Å². The molecule has 0 aliphatic carbocycles. The molecule has 1 unspecified atom stereocenters. The first kappa shape index (κ1) is 11.6. The van der Waals surface area contributed by atoms with Crippen molar-refractivity contribution in [1.82, 2.24) is 20.4 Å². The molecule has 0 aromatic carbocycles. The molecule has 0 radical (unpaired) electrons. The number of aromatic nitrogens is 3. The lowest BCUT2D eigenvalue weighted by molar-refractivity contribution is 0.609. The molecule has 2 aromatic rings. The highest BCUT2D eigenvalue weighted by atomic mass is 15.2. The van der Waals surface area contributed by atoms with Gasteiger partial charge in [-0.1, -0.05) is 13.0 Å². The molecule has 2 heterocycles. The summed E-state index contributed by atoms with van der Waals surface area (Å²) in [5, 5.41) is 0. The Kier molecular flexibility index (Phi) is 3.74. The van der Waals surface area contributed by atoms with Gasteiger partial charge in [-0.15, -0.1) is 0 Å². The summed E-state index contributed by atoms with van der Waals surface area (Å²) < 4.78 is 0. The lowest BCUT2D eigenvalue weighted by atomic mass is 10.0. The zero-order valence-electron chi connectivity index (χ0n) is 9.67. The van der Waals surface area contributed by atoms with Gasteiger partial charge in [0.2, 0.25) is 0 Å². The van der Waals surface area contributed by atoms with Crippen molar-refractivity contribution in [2.75, 3.05) is 0 Å². The van der Waals surface area contributed by atoms with E-state index in [4.69, 9.17) is 5.84 Å². The second kappa shape index (κ2) is 5.47. The fourth-order valence-electron chi connectivity index (χ4n) is 1.80. The Labute approximate surface area is 100 Å². The van der Waals surface area contributed by atoms with Crippen molar-refractivity contribution in [3.8, 4) is 0 Å². The van der Waals surface area contributed by atoms with Crippen LogP contribution in [0.2, 0.25) is 0 Å². The fourth-order valence-corrected chi connectivity index (χ4v) is 1.80. The minimum atomic E-state index is -0.174. The summed E-state index contributed by atoms with van der Waals surface area (Å²) >= 11 is 0. The second-order valence-electron chi connectivity index (χ2n) is 3.67. The molecule has 5 nitrogen and oxygen atoms in total. The Morgan fingerprint density at radius 3 is 2.76 bits per heavy atom. The van der Waals surface area contributed by atoms with Crippen molar-refractivity contribution in [2.45, 2.75) is 19.4 Å². The Morgan fingerprint density at radius 1 is 1.35 bits per heavy atom. The van der Waals surface area contributed by atoms with Gasteiger partial charge in [0, 0.05) is 24.2 Å². The van der Waals surface area contributed by atoms with Gasteiger partial charge in [-0.25, -0.2) is 15.4 Å². The van der Waals surface area contributed by atoms with Crippen LogP contribution in [0.15, 0.2) is 37.1 Å². The van der Waals surface area contributed by atoms with Gasteiger partial charge >= 0.3 is 0 Å². The molecular weight excluding hydrogens is 214 g/mol. The van der Waals surface area contributed by atoms with Crippen molar-refractivity contribution < 1.29 is 0 Å². The van der Waals surface area contributed by atoms with Gasteiger partial charge in [0.15, 0.2) is 0 Å². The topological polar surface area (TPSA) is 76.7 Å². The molecule has 3 N–H and O–H groups in total. The van der Waals surface area contributed by atoms with E-state index in [1.165, 1.54) is 11.9 Å². The average molecular weight is 229 g/mol. The molecule has 0 fully saturated rings. The second-order valence-corrected chi connectivity index (χ2v) is 3.67. The average Bonchev–Trinajstić information content (AvgIpc) is 2.41. The van der Waals surface area contributed by atoms with Crippen LogP contribution in [-0.2, 0) is 6.42 Å². The van der Waals surface area contributed by atoms with E-state index in [1.807, 2.05) is 6.07 Å². The van der Waals surface area contributed by atoms with Crippen molar-refractivity contribution >= 4 is 0 Å². The maximum atomic E-state index is 5.61. The molecule has 1 atom stereocenters. The number of nitrogens with two attached hydrogens (primary N) is 1. The SMILES string of the molecule is CCc1cccnc1C(NN)c1cncnc1. The predicted octanol–water partition coefficient (Wildman–Crippen LogP) is 0.987. The minimum absolute atomic E-state index is 0.174. The number of nitrogens with one attached hydrogen (secondary N) is 1. The highest BCUT2D eigenvalue weighted by Crippen LogP contribution is 2.21. The number of pyridine rings is 1. The minimum Gasteiger partial charge on any atom is -0.271 e. The van der Waals surface area contributed by atoms with E-state index in [1.54, 1.807) is 18.6 Å². The predicted molar refractivity (Wildman–Crippen MR) is 64.8 cm³/mol. The number of hydrazine groups is 1. The number of nitrogens with zero attached hydrogens (tertiary/aromatic N) is 3. The Morgan fingerprint density at radius 2 is 2.12 bits per heavy atom. The maximum Gasteiger partial charge on any atom is 0.115 e. The summed E-state index contributed by atoms with van der Waals surface area (Å²) in [6, 6.07) is 3.81. The van der Waals surface area contributed by atoms with Crippen LogP contribution < -0.4 is 11.3 Å². The van der Waals surface area contributed by atoms with E-state index in [2.05, 4.69) is 33.4 Å². The van der Waals surface area contributed by atoms with Crippen LogP contribution in [0, 0.1) is 0 Å². The first-order chi connectivity index (χ1) is 8.36. The zero-order valence-corrected chi connectivity index (χ0v) is 9.67. The van der Waals surface area contributed by atoms with E-state index < -0.39 is 0 Å². The highest BCUT2D eigenvalue weighted by Gasteiger charge is 2.16. The van der Waals surface area contributed by atoms with Crippen molar-refractivity contribution in [1.29, 1.82) is 0 Å². The van der Waals surface area contributed by atoms with Gasteiger partial charge in [0.05, 0.1) is 11.7 Å². The van der Waals surface area contributed by atoms with Gasteiger partial charge in [-0.2, -0.15) is 0 Å². The first-order valence-corrected chi connectivity index (χ1v) is 5.51. The van der Waals surface area contributed by atoms with E-state index in [9.17, 15) is 0 Å². The van der Waals surface area contributed by atoms with Crippen molar-refractivity contribution in [3.05, 3.63) is 53.9 Å². The molecule has 17 heavy (non-hydrogen) atoms. The van der Waals surface area contributed by atoms with Gasteiger partial charge in [0.25, 0.3) is 0 Å². The standard InChI is InChI=1S/C12H15N5/c1-2-9-4-3-5-16-11(9)12(17-13)10-6-14-8-15-7-10/h3-8,12,17H,2,13H2,1H3. The van der Waals surface area contributed by atoms with E-state index in [-0.39, 0.29) is 6.04 Å². The Bertz CT molecular complexity index is 471. The summed E-state index contributed by atoms with van der Waals surface area (Å²) in [5.41, 5.74) is 5.76. The number of aryl methyl sites for hydroxylation is 1. The third kappa shape index (κ3) is 2.46. The molecule has 0 spiro atoms. The Hall–Kier alpha value is -1.85. The summed E-state index contributed by atoms with van der Waals surface area (Å²) in [4.78, 5) is 12.4. The van der Waals surface area contributed by atoms with Crippen LogP contribution in [0.5, 0.6) is 0 Å². The fraction of sp³-hybridized carbons (Fsp3) is 0.250. The molecule has 0 aliphatic heterocycles. The van der Waals surface area contributed by atoms with Crippen LogP contribution >= 0.6 is 0 Å². The number of hydrogen-bond donors (Lipinski definition) is 2. The van der Waals surface area contributed by atoms with Gasteiger partial charge in [-0.05, 0) is 18.1 Å². The van der Waals surface area contributed by atoms with Gasteiger partial charge in [-0.3, -0.25) is 10.8 Å². The molecule has 88 valence electrons. The smallest absolute Gasteiger partial charge is 0.115 e. The molecule has 0 bridgehead atoms. The van der Waals surface area contributed by atoms with Crippen LogP contribution in [-0.4, -0.2) is 15.0 Å². The summed E-state index contributed by atoms with van der Waals surface area (Å²) in [7, 11) is 0. The van der Waals surface area contributed by atoms with Crippen LogP contribution in [0.1, 0.15) is 29.8 Å². The summed E-state index contributed by atoms with van der Waals surface area (Å²) in [6.45, 7) is 2.09. The third-order valence-electron chi connectivity index (χ3n) is 2.66. The number of rotatable bonds is 4. The molecule has 0 saturated heterocycles. The van der Waals surface area contributed by atoms with E-state index in [0.29, 0.717) is 0 Å². The van der Waals surface area contributed by atoms with Gasteiger partial charge < -0.3 is 0 Å². The zero-order chi connectivity index (χ0) is 12.1. The van der Waals surface area contributed by atoms with Gasteiger partial charge in [0.1, 0.15) is 6.33 Å². The molecule has 0 saturated carbocycles. The quantitative estimate of drug-likeness (QED) is 0.604. The molecule has 5 heteroatoms. The summed E-state index contributed by atoms with van der Waals surface area (Å²) in [5.74, 6) is 5.61. The highest BCUT2D eigenvalue weighted by molar-refractivity contribution is 5.30. The molecule has 2 aromatic heterocycles. The normalized spacial score (nSPS) is 12.4. The lowest BCUT2D eigenvalue weighted by Crippen LogP contribution is -2.30. The molecule has 0 aliphatic rings.